The van der Waals surface area contributed by atoms with E-state index in [4.69, 9.17) is 15.0 Å². The van der Waals surface area contributed by atoms with Gasteiger partial charge in [-0.2, -0.15) is 0 Å². The van der Waals surface area contributed by atoms with Crippen LogP contribution in [-0.2, 0) is 0 Å². The minimum atomic E-state index is 0.820. The van der Waals surface area contributed by atoms with Crippen LogP contribution in [0.15, 0.2) is 188 Å². The Bertz CT molecular complexity index is 3900. The Balaban J connectivity index is 1.15. The Kier molecular flexibility index (Phi) is 6.59. The number of nitrogens with zero attached hydrogens (tertiary/aromatic N) is 7. The third kappa shape index (κ3) is 4.48. The maximum Gasteiger partial charge on any atom is 0.221 e. The average molecular weight is 798 g/mol. The van der Waals surface area contributed by atoms with Crippen LogP contribution in [0.3, 0.4) is 0 Å². The van der Waals surface area contributed by atoms with Gasteiger partial charge in [-0.05, 0) is 72.3 Å². The molecule has 0 N–H and O–H groups in total. The molecule has 7 aromatic carbocycles. The van der Waals surface area contributed by atoms with Crippen LogP contribution in [0, 0.1) is 0 Å². The van der Waals surface area contributed by atoms with Crippen molar-refractivity contribution in [1.82, 2.24) is 33.1 Å². The molecule has 7 nitrogen and oxygen atoms in total. The van der Waals surface area contributed by atoms with E-state index in [0.717, 1.165) is 83.2 Å². The van der Waals surface area contributed by atoms with Gasteiger partial charge in [0.05, 0.1) is 48.8 Å². The minimum absolute atomic E-state index is 0.820. The number of benzene rings is 7. The van der Waals surface area contributed by atoms with E-state index in [2.05, 4.69) is 200 Å². The lowest BCUT2D eigenvalue weighted by atomic mass is 10.0. The molecule has 0 fully saturated rings. The van der Waals surface area contributed by atoms with Gasteiger partial charge in [-0.3, -0.25) is 18.1 Å². The molecule has 0 saturated heterocycles. The van der Waals surface area contributed by atoms with Gasteiger partial charge in [0, 0.05) is 48.8 Å². The number of imidazole rings is 2. The third-order valence-electron chi connectivity index (χ3n) is 12.4. The van der Waals surface area contributed by atoms with Crippen LogP contribution < -0.4 is 0 Å². The molecule has 0 radical (unpaired) electrons. The molecule has 14 rings (SSSR count). The number of aromatic nitrogens is 7. The van der Waals surface area contributed by atoms with Gasteiger partial charge in [0.2, 0.25) is 5.78 Å². The molecule has 7 heterocycles. The molecule has 0 amide bonds. The predicted octanol–water partition coefficient (Wildman–Crippen LogP) is 13.5. The Labute approximate surface area is 351 Å². The summed E-state index contributed by atoms with van der Waals surface area (Å²) in [4.78, 5) is 16.2. The Morgan fingerprint density at radius 2 is 0.934 bits per heavy atom. The van der Waals surface area contributed by atoms with Crippen molar-refractivity contribution in [3.8, 4) is 28.6 Å². The van der Waals surface area contributed by atoms with Crippen molar-refractivity contribution in [2.24, 2.45) is 0 Å². The highest BCUT2D eigenvalue weighted by Gasteiger charge is 2.25. The summed E-state index contributed by atoms with van der Waals surface area (Å²) in [5, 5.41) is 7.18. The summed E-state index contributed by atoms with van der Waals surface area (Å²) in [7, 11) is 0. The quantitative estimate of drug-likeness (QED) is 0.178. The maximum absolute atomic E-state index is 5.63. The van der Waals surface area contributed by atoms with Gasteiger partial charge in [-0.1, -0.05) is 115 Å². The first-order valence-electron chi connectivity index (χ1n) is 20.5. The second-order valence-electron chi connectivity index (χ2n) is 15.7. The van der Waals surface area contributed by atoms with E-state index >= 15 is 0 Å². The summed E-state index contributed by atoms with van der Waals surface area (Å²) in [5.41, 5.74) is 10.6. The smallest absolute Gasteiger partial charge is 0.221 e. The average Bonchev–Trinajstić information content (AvgIpc) is 4.12. The molecule has 8 heteroatoms. The molecule has 0 aliphatic carbocycles. The lowest BCUT2D eigenvalue weighted by molar-refractivity contribution is 1.01. The molecule has 7 aromatic heterocycles. The third-order valence-corrected chi connectivity index (χ3v) is 13.6. The van der Waals surface area contributed by atoms with Gasteiger partial charge in [0.15, 0.2) is 5.82 Å². The zero-order valence-corrected chi connectivity index (χ0v) is 33.3. The van der Waals surface area contributed by atoms with Gasteiger partial charge in [-0.25, -0.2) is 15.0 Å². The van der Waals surface area contributed by atoms with Gasteiger partial charge in [0.25, 0.3) is 0 Å². The maximum atomic E-state index is 5.63. The number of fused-ring (bicyclic) bond motifs is 14. The van der Waals surface area contributed by atoms with Crippen LogP contribution in [0.25, 0.3) is 120 Å². The second-order valence-corrected chi connectivity index (χ2v) is 16.7. The van der Waals surface area contributed by atoms with E-state index in [-0.39, 0.29) is 0 Å². The first kappa shape index (κ1) is 32.8. The fraction of sp³-hybridized carbons (Fsp3) is 0. The van der Waals surface area contributed by atoms with Crippen molar-refractivity contribution in [1.29, 1.82) is 0 Å². The highest BCUT2D eigenvalue weighted by Crippen LogP contribution is 2.43. The largest absolute Gasteiger partial charge is 0.294 e. The molecular formula is C53H31N7S. The highest BCUT2D eigenvalue weighted by atomic mass is 32.1. The molecule has 0 atom stereocenters. The summed E-state index contributed by atoms with van der Waals surface area (Å²) in [5.74, 6) is 3.35. The first-order valence-corrected chi connectivity index (χ1v) is 21.3. The van der Waals surface area contributed by atoms with Crippen molar-refractivity contribution in [3.05, 3.63) is 188 Å². The Hall–Kier alpha value is -8.07. The van der Waals surface area contributed by atoms with E-state index in [1.165, 1.54) is 37.0 Å². The summed E-state index contributed by atoms with van der Waals surface area (Å²) in [6.07, 6.45) is 1.94. The fourth-order valence-electron chi connectivity index (χ4n) is 9.90. The zero-order chi connectivity index (χ0) is 39.8. The van der Waals surface area contributed by atoms with Crippen LogP contribution in [0.2, 0.25) is 0 Å². The highest BCUT2D eigenvalue weighted by molar-refractivity contribution is 7.26. The molecule has 61 heavy (non-hydrogen) atoms. The van der Waals surface area contributed by atoms with Crippen molar-refractivity contribution < 1.29 is 0 Å². The van der Waals surface area contributed by atoms with Crippen molar-refractivity contribution in [2.45, 2.75) is 0 Å². The summed E-state index contributed by atoms with van der Waals surface area (Å²) in [6.45, 7) is 0. The van der Waals surface area contributed by atoms with Crippen LogP contribution in [-0.4, -0.2) is 33.1 Å². The van der Waals surface area contributed by atoms with Crippen LogP contribution in [0.4, 0.5) is 0 Å². The topological polar surface area (TPSA) is 57.9 Å². The van der Waals surface area contributed by atoms with Crippen LogP contribution in [0.1, 0.15) is 0 Å². The van der Waals surface area contributed by atoms with Gasteiger partial charge < -0.3 is 0 Å². The summed E-state index contributed by atoms with van der Waals surface area (Å²) < 4.78 is 11.6. The standard InChI is InChI=1S/C53H31N7S/c1-7-21-41-34(14-1)35-15-2-8-22-42(35)57(41)48-30-32(31-49(56-48)58-43-23-9-3-16-36(43)37-17-4-10-24-44(37)58)33-19-13-26-46-50(33)60(53-55-40-20-6-11-25-45(40)59(46)53)52-51-39(28-29-54-52)38-18-5-12-27-47(38)61-51/h1-31H. The Morgan fingerprint density at radius 3 is 1.56 bits per heavy atom. The molecule has 0 unspecified atom stereocenters. The normalized spacial score (nSPS) is 12.3. The molecular weight excluding hydrogens is 767 g/mol. The van der Waals surface area contributed by atoms with E-state index in [1.54, 1.807) is 11.3 Å². The lowest BCUT2D eigenvalue weighted by Crippen LogP contribution is -2.05. The van der Waals surface area contributed by atoms with Gasteiger partial charge in [0.1, 0.15) is 11.6 Å². The molecule has 14 aromatic rings. The number of para-hydroxylation sites is 7. The van der Waals surface area contributed by atoms with Crippen LogP contribution in [0.5, 0.6) is 0 Å². The SMILES string of the molecule is c1ccc2c(c1)nc1n(-c3nccc4c3sc3ccccc34)c3c(-c4cc(-n5c6ccccc6c6ccccc65)nc(-n5c6ccccc6c6ccccc65)c4)cccc3n21. The molecule has 0 spiro atoms. The summed E-state index contributed by atoms with van der Waals surface area (Å²) in [6, 6.07) is 64.9. The minimum Gasteiger partial charge on any atom is -0.294 e. The van der Waals surface area contributed by atoms with Crippen molar-refractivity contribution >= 4 is 103 Å². The number of rotatable bonds is 4. The van der Waals surface area contributed by atoms with Gasteiger partial charge >= 0.3 is 0 Å². The van der Waals surface area contributed by atoms with E-state index in [9.17, 15) is 0 Å². The van der Waals surface area contributed by atoms with E-state index < -0.39 is 0 Å². The second kappa shape index (κ2) is 12.2. The van der Waals surface area contributed by atoms with E-state index in [0.29, 0.717) is 0 Å². The molecule has 0 bridgehead atoms. The monoisotopic (exact) mass is 797 g/mol. The fourth-order valence-corrected chi connectivity index (χ4v) is 11.1. The summed E-state index contributed by atoms with van der Waals surface area (Å²) >= 11 is 1.78. The Morgan fingerprint density at radius 1 is 0.410 bits per heavy atom. The first-order chi connectivity index (χ1) is 30.3. The zero-order valence-electron chi connectivity index (χ0n) is 32.4. The van der Waals surface area contributed by atoms with Gasteiger partial charge in [-0.15, -0.1) is 11.3 Å². The van der Waals surface area contributed by atoms with Crippen LogP contribution >= 0.6 is 11.3 Å². The molecule has 0 aliphatic heterocycles. The number of thiophene rings is 1. The number of hydrogen-bond donors (Lipinski definition) is 0. The molecule has 0 aliphatic rings. The van der Waals surface area contributed by atoms with Crippen molar-refractivity contribution in [3.63, 3.8) is 0 Å². The number of pyridine rings is 2. The molecule has 0 saturated carbocycles. The van der Waals surface area contributed by atoms with Crippen molar-refractivity contribution in [2.75, 3.05) is 0 Å². The number of hydrogen-bond acceptors (Lipinski definition) is 4. The predicted molar refractivity (Wildman–Crippen MR) is 252 cm³/mol. The lowest BCUT2D eigenvalue weighted by Gasteiger charge is -2.16. The van der Waals surface area contributed by atoms with E-state index in [1.807, 2.05) is 6.20 Å². The molecule has 284 valence electrons.